The Hall–Kier alpha value is -1.38. The molecular weight excluding hydrogens is 460 g/mol. The Labute approximate surface area is 222 Å². The van der Waals surface area contributed by atoms with Gasteiger partial charge in [0.2, 0.25) is 0 Å². The number of benzene rings is 1. The van der Waals surface area contributed by atoms with E-state index >= 15 is 0 Å². The van der Waals surface area contributed by atoms with Crippen LogP contribution in [-0.4, -0.2) is 49.2 Å². The zero-order valence-electron chi connectivity index (χ0n) is 24.2. The smallest absolute Gasteiger partial charge is 0.145 e. The van der Waals surface area contributed by atoms with Crippen LogP contribution in [0.4, 0.5) is 0 Å². The monoisotopic (exact) mass is 510 g/mol. The average Bonchev–Trinajstić information content (AvgIpc) is 3.36. The first-order chi connectivity index (χ1) is 17.2. The van der Waals surface area contributed by atoms with Crippen molar-refractivity contribution in [3.8, 4) is 11.5 Å². The number of methoxy groups -OCH3 is 3. The molecule has 0 amide bonds. The molecule has 2 aliphatic rings. The van der Waals surface area contributed by atoms with Crippen molar-refractivity contribution in [2.24, 2.45) is 35.5 Å². The molecule has 3 nitrogen and oxygen atoms in total. The Morgan fingerprint density at radius 1 is 0.861 bits per heavy atom. The summed E-state index contributed by atoms with van der Waals surface area (Å²) in [5.41, 5.74) is 8.64. The van der Waals surface area contributed by atoms with E-state index in [4.69, 9.17) is 14.2 Å². The van der Waals surface area contributed by atoms with Crippen LogP contribution >= 0.6 is 0 Å². The Bertz CT molecular complexity index is 889. The van der Waals surface area contributed by atoms with Gasteiger partial charge in [-0.15, -0.1) is 11.5 Å². The Morgan fingerprint density at radius 3 is 1.92 bits per heavy atom. The molecule has 1 aromatic carbocycles. The number of fused-ring (bicyclic) bond motifs is 2. The molecular formula is C32H50O3Si. The summed E-state index contributed by atoms with van der Waals surface area (Å²) >= 11 is 0. The van der Waals surface area contributed by atoms with E-state index in [9.17, 15) is 0 Å². The highest BCUT2D eigenvalue weighted by atomic mass is 28.3. The standard InChI is InChI=1S/C32H50O3Si/c1-22(2)36(23(3)4,24(5)6)16-15-27-28-18-29(31(21-35-9)30(28)20-34-8)32(27)26(19-33-7)17-25-13-11-10-12-14-25/h10-14,17,22-24,27-32H,18-21H2,1-9H3/b26-17+. The van der Waals surface area contributed by atoms with Gasteiger partial charge in [0.15, 0.2) is 0 Å². The Balaban J connectivity index is 2.13. The minimum absolute atomic E-state index is 0.344. The van der Waals surface area contributed by atoms with Gasteiger partial charge in [-0.05, 0) is 63.8 Å². The van der Waals surface area contributed by atoms with E-state index in [1.165, 1.54) is 17.6 Å². The summed E-state index contributed by atoms with van der Waals surface area (Å²) in [5.74, 6) is 6.88. The molecule has 0 aromatic heterocycles. The maximum absolute atomic E-state index is 5.81. The van der Waals surface area contributed by atoms with Gasteiger partial charge in [0.1, 0.15) is 8.07 Å². The molecule has 6 atom stereocenters. The number of hydrogen-bond donors (Lipinski definition) is 0. The van der Waals surface area contributed by atoms with Crippen LogP contribution in [0.5, 0.6) is 0 Å². The van der Waals surface area contributed by atoms with Gasteiger partial charge >= 0.3 is 0 Å². The Kier molecular flexibility index (Phi) is 10.5. The van der Waals surface area contributed by atoms with E-state index in [1.54, 1.807) is 0 Å². The summed E-state index contributed by atoms with van der Waals surface area (Å²) in [6.45, 7) is 16.7. The van der Waals surface area contributed by atoms with Gasteiger partial charge in [-0.2, -0.15) is 0 Å². The van der Waals surface area contributed by atoms with Crippen LogP contribution in [0.1, 0.15) is 53.5 Å². The molecule has 0 aliphatic heterocycles. The molecule has 1 aromatic rings. The molecule has 0 saturated heterocycles. The van der Waals surface area contributed by atoms with Gasteiger partial charge in [-0.3, -0.25) is 0 Å². The van der Waals surface area contributed by atoms with Crippen molar-refractivity contribution in [2.45, 2.75) is 64.6 Å². The molecule has 2 bridgehead atoms. The fourth-order valence-electron chi connectivity index (χ4n) is 8.04. The molecule has 4 heteroatoms. The third kappa shape index (κ3) is 5.70. The maximum atomic E-state index is 5.81. The number of hydrogen-bond acceptors (Lipinski definition) is 3. The fraction of sp³-hybridized carbons (Fsp3) is 0.688. The van der Waals surface area contributed by atoms with Gasteiger partial charge < -0.3 is 14.2 Å². The maximum Gasteiger partial charge on any atom is 0.145 e. The predicted octanol–water partition coefficient (Wildman–Crippen LogP) is 7.35. The molecule has 6 unspecified atom stereocenters. The first-order valence-electron chi connectivity index (χ1n) is 14.0. The van der Waals surface area contributed by atoms with E-state index in [-0.39, 0.29) is 0 Å². The van der Waals surface area contributed by atoms with Gasteiger partial charge in [-0.25, -0.2) is 0 Å². The summed E-state index contributed by atoms with van der Waals surface area (Å²) in [5, 5.41) is 0. The van der Waals surface area contributed by atoms with Gasteiger partial charge in [-0.1, -0.05) is 78.0 Å². The summed E-state index contributed by atoms with van der Waals surface area (Å²) in [6, 6.07) is 10.7. The van der Waals surface area contributed by atoms with Crippen molar-refractivity contribution >= 4 is 14.1 Å². The lowest BCUT2D eigenvalue weighted by atomic mass is 9.66. The van der Waals surface area contributed by atoms with Crippen molar-refractivity contribution in [1.29, 1.82) is 0 Å². The molecule has 0 radical (unpaired) electrons. The second-order valence-corrected chi connectivity index (χ2v) is 17.7. The van der Waals surface area contributed by atoms with Gasteiger partial charge in [0, 0.05) is 40.5 Å². The number of rotatable bonds is 11. The third-order valence-corrected chi connectivity index (χ3v) is 15.7. The van der Waals surface area contributed by atoms with Crippen LogP contribution in [0.3, 0.4) is 0 Å². The van der Waals surface area contributed by atoms with Gasteiger partial charge in [0.25, 0.3) is 0 Å². The lowest BCUT2D eigenvalue weighted by molar-refractivity contribution is 0.0146. The van der Waals surface area contributed by atoms with Crippen LogP contribution in [0.15, 0.2) is 35.9 Å². The normalized spacial score (nSPS) is 28.3. The molecule has 3 rings (SSSR count). The highest BCUT2D eigenvalue weighted by molar-refractivity contribution is 6.90. The van der Waals surface area contributed by atoms with Crippen LogP contribution < -0.4 is 0 Å². The van der Waals surface area contributed by atoms with Crippen molar-refractivity contribution in [2.75, 3.05) is 41.2 Å². The molecule has 200 valence electrons. The Morgan fingerprint density at radius 2 is 1.42 bits per heavy atom. The number of ether oxygens (including phenoxy) is 3. The first kappa shape index (κ1) is 29.2. The minimum Gasteiger partial charge on any atom is -0.384 e. The lowest BCUT2D eigenvalue weighted by Gasteiger charge is -2.41. The molecule has 0 heterocycles. The van der Waals surface area contributed by atoms with Crippen molar-refractivity contribution in [3.05, 3.63) is 41.5 Å². The zero-order valence-corrected chi connectivity index (χ0v) is 25.2. The predicted molar refractivity (Wildman–Crippen MR) is 154 cm³/mol. The average molecular weight is 511 g/mol. The minimum atomic E-state index is -1.82. The topological polar surface area (TPSA) is 27.7 Å². The van der Waals surface area contributed by atoms with Crippen molar-refractivity contribution in [3.63, 3.8) is 0 Å². The lowest BCUT2D eigenvalue weighted by Crippen LogP contribution is -2.44. The SMILES string of the molecule is COC/C(=C\c1ccccc1)C1C(C#C[Si](C(C)C)(C(C)C)C(C)C)C2CC1C(COC)C2COC. The zero-order chi connectivity index (χ0) is 26.5. The molecule has 0 spiro atoms. The molecule has 2 fully saturated rings. The van der Waals surface area contributed by atoms with E-state index in [2.05, 4.69) is 89.4 Å². The van der Waals surface area contributed by atoms with E-state index in [0.29, 0.717) is 58.7 Å². The first-order valence-corrected chi connectivity index (χ1v) is 16.2. The van der Waals surface area contributed by atoms with Crippen LogP contribution in [0, 0.1) is 47.0 Å². The summed E-state index contributed by atoms with van der Waals surface area (Å²) in [7, 11) is 3.68. The molecule has 36 heavy (non-hydrogen) atoms. The van der Waals surface area contributed by atoms with Crippen molar-refractivity contribution < 1.29 is 14.2 Å². The second kappa shape index (κ2) is 12.9. The van der Waals surface area contributed by atoms with Gasteiger partial charge in [0.05, 0.1) is 6.61 Å². The van der Waals surface area contributed by atoms with Crippen molar-refractivity contribution in [1.82, 2.24) is 0 Å². The van der Waals surface area contributed by atoms with Crippen LogP contribution in [0.2, 0.25) is 16.6 Å². The quantitative estimate of drug-likeness (QED) is 0.230. The summed E-state index contributed by atoms with van der Waals surface area (Å²) < 4.78 is 17.3. The largest absolute Gasteiger partial charge is 0.384 e. The summed E-state index contributed by atoms with van der Waals surface area (Å²) in [4.78, 5) is 0. The van der Waals surface area contributed by atoms with Crippen LogP contribution in [0.25, 0.3) is 6.08 Å². The second-order valence-electron chi connectivity index (χ2n) is 12.1. The molecule has 0 N–H and O–H groups in total. The van der Waals surface area contributed by atoms with Crippen LogP contribution in [-0.2, 0) is 14.2 Å². The summed E-state index contributed by atoms with van der Waals surface area (Å²) in [6.07, 6.45) is 3.58. The van der Waals surface area contributed by atoms with E-state index in [1.807, 2.05) is 21.3 Å². The highest BCUT2D eigenvalue weighted by Gasteiger charge is 2.58. The molecule has 2 saturated carbocycles. The molecule has 2 aliphatic carbocycles. The van der Waals surface area contributed by atoms with E-state index < -0.39 is 8.07 Å². The third-order valence-electron chi connectivity index (χ3n) is 9.43. The fourth-order valence-corrected chi connectivity index (χ4v) is 13.3. The highest BCUT2D eigenvalue weighted by Crippen LogP contribution is 2.60. The van der Waals surface area contributed by atoms with E-state index in [0.717, 1.165) is 13.2 Å².